The van der Waals surface area contributed by atoms with Gasteiger partial charge in [0.2, 0.25) is 6.41 Å². The van der Waals surface area contributed by atoms with Crippen LogP contribution in [0.25, 0.3) is 16.8 Å². The van der Waals surface area contributed by atoms with E-state index in [2.05, 4.69) is 10.3 Å². The Morgan fingerprint density at radius 1 is 1.10 bits per heavy atom. The molecule has 12 heteroatoms. The van der Waals surface area contributed by atoms with Gasteiger partial charge < -0.3 is 19.4 Å². The lowest BCUT2D eigenvalue weighted by Gasteiger charge is -2.25. The molecule has 1 aliphatic heterocycles. The first-order valence-corrected chi connectivity index (χ1v) is 11.8. The third-order valence-corrected chi connectivity index (χ3v) is 6.48. The second-order valence-electron chi connectivity index (χ2n) is 8.93. The first kappa shape index (κ1) is 25.8. The molecule has 0 radical (unpaired) electrons. The number of alkyl halides is 3. The van der Waals surface area contributed by atoms with Crippen molar-refractivity contribution in [2.75, 3.05) is 13.7 Å². The number of fused-ring (bicyclic) bond motifs is 2. The van der Waals surface area contributed by atoms with Crippen molar-refractivity contribution < 1.29 is 32.3 Å². The lowest BCUT2D eigenvalue weighted by atomic mass is 10.0. The molecular formula is C27H22F3N5O4. The number of ether oxygens (including phenoxy) is 1. The molecule has 4 amide bonds. The molecule has 0 unspecified atom stereocenters. The number of aromatic nitrogens is 2. The molecule has 2 aromatic heterocycles. The topological polar surface area (TPSA) is 105 Å². The number of hydrogen-bond acceptors (Lipinski definition) is 5. The molecule has 0 spiro atoms. The summed E-state index contributed by atoms with van der Waals surface area (Å²) in [4.78, 5) is 41.2. The van der Waals surface area contributed by atoms with E-state index in [0.717, 1.165) is 17.3 Å². The van der Waals surface area contributed by atoms with Gasteiger partial charge in [0.25, 0.3) is 5.91 Å². The Hall–Kier alpha value is -4.87. The number of amides is 4. The number of nitrogens with one attached hydrogen (secondary N) is 2. The molecule has 0 bridgehead atoms. The maximum atomic E-state index is 13.1. The normalized spacial score (nSPS) is 13.7. The maximum absolute atomic E-state index is 13.1. The first-order chi connectivity index (χ1) is 18.7. The Kier molecular flexibility index (Phi) is 6.69. The van der Waals surface area contributed by atoms with Crippen LogP contribution < -0.4 is 15.4 Å². The number of carbonyl (C=O) groups is 3. The summed E-state index contributed by atoms with van der Waals surface area (Å²) in [6, 6.07) is 14.0. The van der Waals surface area contributed by atoms with E-state index in [-0.39, 0.29) is 24.5 Å². The first-order valence-electron chi connectivity index (χ1n) is 11.8. The maximum Gasteiger partial charge on any atom is 0.434 e. The minimum Gasteiger partial charge on any atom is -0.497 e. The van der Waals surface area contributed by atoms with Gasteiger partial charge in [-0.1, -0.05) is 30.3 Å². The van der Waals surface area contributed by atoms with Crippen LogP contribution in [0.2, 0.25) is 0 Å². The van der Waals surface area contributed by atoms with Crippen LogP contribution in [0.4, 0.5) is 18.0 Å². The van der Waals surface area contributed by atoms with Crippen molar-refractivity contribution in [3.8, 4) is 16.9 Å². The van der Waals surface area contributed by atoms with Crippen LogP contribution >= 0.6 is 0 Å². The van der Waals surface area contributed by atoms with Crippen molar-refractivity contribution in [3.05, 3.63) is 89.4 Å². The highest BCUT2D eigenvalue weighted by atomic mass is 19.4. The number of pyridine rings is 1. The summed E-state index contributed by atoms with van der Waals surface area (Å²) in [5.74, 6) is 0.345. The van der Waals surface area contributed by atoms with E-state index in [1.807, 2.05) is 11.4 Å². The zero-order chi connectivity index (χ0) is 27.7. The third-order valence-electron chi connectivity index (χ3n) is 6.48. The van der Waals surface area contributed by atoms with Crippen LogP contribution in [0, 0.1) is 0 Å². The monoisotopic (exact) mass is 537 g/mol. The van der Waals surface area contributed by atoms with Gasteiger partial charge in [-0.15, -0.1) is 0 Å². The summed E-state index contributed by atoms with van der Waals surface area (Å²) in [6.45, 7) is 0.469. The Labute approximate surface area is 220 Å². The molecule has 1 aliphatic rings. The molecule has 39 heavy (non-hydrogen) atoms. The molecule has 9 nitrogen and oxygen atoms in total. The van der Waals surface area contributed by atoms with Crippen molar-refractivity contribution in [3.63, 3.8) is 0 Å². The van der Waals surface area contributed by atoms with Crippen LogP contribution in [-0.4, -0.2) is 46.3 Å². The van der Waals surface area contributed by atoms with Gasteiger partial charge in [0.15, 0.2) is 5.69 Å². The number of imide groups is 1. The number of carbonyl (C=O) groups excluding carboxylic acids is 3. The number of benzene rings is 2. The Bertz CT molecular complexity index is 1570. The van der Waals surface area contributed by atoms with E-state index < -0.39 is 23.9 Å². The average molecular weight is 537 g/mol. The van der Waals surface area contributed by atoms with Crippen molar-refractivity contribution in [2.45, 2.75) is 18.8 Å². The minimum absolute atomic E-state index is 0.128. The largest absolute Gasteiger partial charge is 0.497 e. The summed E-state index contributed by atoms with van der Waals surface area (Å²) in [5.41, 5.74) is 2.57. The van der Waals surface area contributed by atoms with E-state index in [1.165, 1.54) is 17.6 Å². The van der Waals surface area contributed by atoms with Crippen LogP contribution in [0.15, 0.2) is 67.0 Å². The van der Waals surface area contributed by atoms with Gasteiger partial charge in [0, 0.05) is 31.0 Å². The predicted octanol–water partition coefficient (Wildman–Crippen LogP) is 4.18. The summed E-state index contributed by atoms with van der Waals surface area (Å²) >= 11 is 0. The van der Waals surface area contributed by atoms with Crippen molar-refractivity contribution in [2.24, 2.45) is 0 Å². The molecule has 0 fully saturated rings. The van der Waals surface area contributed by atoms with Gasteiger partial charge in [0.1, 0.15) is 11.4 Å². The lowest BCUT2D eigenvalue weighted by Crippen LogP contribution is -2.42. The highest BCUT2D eigenvalue weighted by molar-refractivity contribution is 5.98. The summed E-state index contributed by atoms with van der Waals surface area (Å²) in [6.07, 6.45) is -1.81. The number of rotatable bonds is 7. The molecule has 5 rings (SSSR count). The van der Waals surface area contributed by atoms with Crippen molar-refractivity contribution >= 4 is 24.0 Å². The molecule has 3 heterocycles. The summed E-state index contributed by atoms with van der Waals surface area (Å²) in [5, 5.41) is 4.75. The number of hydrogen-bond donors (Lipinski definition) is 2. The fourth-order valence-electron chi connectivity index (χ4n) is 4.53. The predicted molar refractivity (Wildman–Crippen MR) is 134 cm³/mol. The number of halogens is 3. The number of imidazole rings is 1. The van der Waals surface area contributed by atoms with E-state index in [1.54, 1.807) is 53.6 Å². The zero-order valence-corrected chi connectivity index (χ0v) is 20.5. The summed E-state index contributed by atoms with van der Waals surface area (Å²) in [7, 11) is 1.52. The standard InChI is InChI=1S/C27H22F3N5O4/c1-39-20-8-6-19-12-35(25(37)21(19)10-20)13-22(32-26(38)31-15-36)17-4-2-16(3-5-17)18-7-9-24-33-23(27(28,29)30)14-34(24)11-18/h2-11,14-15,22H,12-13H2,1H3,(H2,31,32,36,38)/t22-/m0/s1. The third kappa shape index (κ3) is 5.26. The molecular weight excluding hydrogens is 515 g/mol. The van der Waals surface area contributed by atoms with Crippen LogP contribution in [0.5, 0.6) is 5.75 Å². The smallest absolute Gasteiger partial charge is 0.434 e. The highest BCUT2D eigenvalue weighted by Crippen LogP contribution is 2.31. The van der Waals surface area contributed by atoms with Crippen LogP contribution in [0.3, 0.4) is 0 Å². The SMILES string of the molecule is COc1ccc2c(c1)C(=O)N(C[C@H](NC(=O)NC=O)c1ccc(-c3ccc4nc(C(F)(F)F)cn4c3)cc1)C2. The van der Waals surface area contributed by atoms with Crippen LogP contribution in [-0.2, 0) is 17.5 Å². The lowest BCUT2D eigenvalue weighted by molar-refractivity contribution is -0.140. The number of urea groups is 1. The van der Waals surface area contributed by atoms with Crippen LogP contribution in [0.1, 0.15) is 33.2 Å². The summed E-state index contributed by atoms with van der Waals surface area (Å²) < 4.78 is 45.6. The molecule has 200 valence electrons. The van der Waals surface area contributed by atoms with Gasteiger partial charge >= 0.3 is 12.2 Å². The second-order valence-corrected chi connectivity index (χ2v) is 8.93. The molecule has 0 aliphatic carbocycles. The van der Waals surface area contributed by atoms with Crippen molar-refractivity contribution in [1.29, 1.82) is 0 Å². The molecule has 2 aromatic carbocycles. The molecule has 4 aromatic rings. The highest BCUT2D eigenvalue weighted by Gasteiger charge is 2.34. The van der Waals surface area contributed by atoms with E-state index in [4.69, 9.17) is 4.74 Å². The van der Waals surface area contributed by atoms with Gasteiger partial charge in [-0.3, -0.25) is 14.9 Å². The Balaban J connectivity index is 1.39. The second kappa shape index (κ2) is 10.1. The van der Waals surface area contributed by atoms with E-state index in [0.29, 0.717) is 29.0 Å². The molecule has 0 saturated carbocycles. The van der Waals surface area contributed by atoms with Gasteiger partial charge in [-0.05, 0) is 46.5 Å². The van der Waals surface area contributed by atoms with Gasteiger partial charge in [0.05, 0.1) is 13.2 Å². The quantitative estimate of drug-likeness (QED) is 0.344. The van der Waals surface area contributed by atoms with E-state index >= 15 is 0 Å². The molecule has 1 atom stereocenters. The fraction of sp³-hybridized carbons (Fsp3) is 0.185. The average Bonchev–Trinajstić information content (AvgIpc) is 3.49. The zero-order valence-electron chi connectivity index (χ0n) is 20.5. The Morgan fingerprint density at radius 2 is 1.85 bits per heavy atom. The molecule has 0 saturated heterocycles. The van der Waals surface area contributed by atoms with Gasteiger partial charge in [-0.2, -0.15) is 13.2 Å². The number of methoxy groups -OCH3 is 1. The van der Waals surface area contributed by atoms with E-state index in [9.17, 15) is 27.6 Å². The molecule has 2 N–H and O–H groups in total. The van der Waals surface area contributed by atoms with Crippen molar-refractivity contribution in [1.82, 2.24) is 24.9 Å². The Morgan fingerprint density at radius 3 is 2.54 bits per heavy atom. The van der Waals surface area contributed by atoms with Gasteiger partial charge in [-0.25, -0.2) is 9.78 Å². The fourth-order valence-corrected chi connectivity index (χ4v) is 4.53. The number of nitrogens with zero attached hydrogens (tertiary/aromatic N) is 3. The minimum atomic E-state index is -4.55.